The third kappa shape index (κ3) is 4.34. The minimum absolute atomic E-state index is 0.0405. The van der Waals surface area contributed by atoms with Gasteiger partial charge in [-0.15, -0.1) is 0 Å². The smallest absolute Gasteiger partial charge is 0.410 e. The number of aldehydes is 1. The molecular formula is C19H27NO3. The van der Waals surface area contributed by atoms with Gasteiger partial charge < -0.3 is 14.4 Å². The molecule has 126 valence electrons. The van der Waals surface area contributed by atoms with Gasteiger partial charge in [0.15, 0.2) is 0 Å². The molecule has 1 amide bonds. The number of carbonyl (C=O) groups is 2. The number of ether oxygens (including phenoxy) is 1. The monoisotopic (exact) mass is 317 g/mol. The summed E-state index contributed by atoms with van der Waals surface area (Å²) < 4.78 is 5.43. The molecule has 2 unspecified atom stereocenters. The largest absolute Gasteiger partial charge is 0.444 e. The lowest BCUT2D eigenvalue weighted by Gasteiger charge is -2.24. The highest BCUT2D eigenvalue weighted by Gasteiger charge is 2.37. The van der Waals surface area contributed by atoms with Crippen molar-refractivity contribution in [2.24, 2.45) is 5.92 Å². The standard InChI is InChI=1S/C19H27NO3/c1-13(2)14-7-6-8-15(9-14)17-11-20(10-16(17)12-21)18(22)23-19(3,4)5/h6-9,12-13,16-17H,10-11H2,1-5H3. The minimum Gasteiger partial charge on any atom is -0.444 e. The fourth-order valence-electron chi connectivity index (χ4n) is 2.94. The van der Waals surface area contributed by atoms with Crippen LogP contribution in [-0.2, 0) is 9.53 Å². The molecule has 4 heteroatoms. The summed E-state index contributed by atoms with van der Waals surface area (Å²) in [6.07, 6.45) is 0.628. The van der Waals surface area contributed by atoms with Gasteiger partial charge in [0.1, 0.15) is 11.9 Å². The number of nitrogens with zero attached hydrogens (tertiary/aromatic N) is 1. The van der Waals surface area contributed by atoms with Crippen molar-refractivity contribution >= 4 is 12.4 Å². The number of likely N-dealkylation sites (tertiary alicyclic amines) is 1. The topological polar surface area (TPSA) is 46.6 Å². The molecule has 1 aromatic rings. The maximum absolute atomic E-state index is 12.3. The molecule has 2 rings (SSSR count). The number of benzene rings is 1. The first-order valence-corrected chi connectivity index (χ1v) is 8.24. The molecule has 0 aliphatic carbocycles. The van der Waals surface area contributed by atoms with Gasteiger partial charge in [-0.05, 0) is 37.8 Å². The Morgan fingerprint density at radius 3 is 2.57 bits per heavy atom. The average Bonchev–Trinajstić information content (AvgIpc) is 2.90. The summed E-state index contributed by atoms with van der Waals surface area (Å²) in [5.74, 6) is 0.302. The van der Waals surface area contributed by atoms with Crippen molar-refractivity contribution in [3.63, 3.8) is 0 Å². The van der Waals surface area contributed by atoms with E-state index >= 15 is 0 Å². The molecule has 23 heavy (non-hydrogen) atoms. The molecule has 0 saturated carbocycles. The molecule has 4 nitrogen and oxygen atoms in total. The Kier molecular flexibility index (Phi) is 5.12. The highest BCUT2D eigenvalue weighted by Crippen LogP contribution is 2.33. The summed E-state index contributed by atoms with van der Waals surface area (Å²) in [5.41, 5.74) is 1.85. The summed E-state index contributed by atoms with van der Waals surface area (Å²) in [7, 11) is 0. The molecule has 0 bridgehead atoms. The molecule has 1 heterocycles. The molecule has 1 aliphatic rings. The number of amides is 1. The van der Waals surface area contributed by atoms with Crippen molar-refractivity contribution in [2.75, 3.05) is 13.1 Å². The number of carbonyl (C=O) groups excluding carboxylic acids is 2. The summed E-state index contributed by atoms with van der Waals surface area (Å²) in [5, 5.41) is 0. The Balaban J connectivity index is 2.18. The zero-order chi connectivity index (χ0) is 17.2. The van der Waals surface area contributed by atoms with E-state index in [2.05, 4.69) is 26.0 Å². The second-order valence-corrected chi connectivity index (χ2v) is 7.62. The fourth-order valence-corrected chi connectivity index (χ4v) is 2.94. The Bertz CT molecular complexity index is 574. The molecule has 0 N–H and O–H groups in total. The van der Waals surface area contributed by atoms with Crippen LogP contribution >= 0.6 is 0 Å². The van der Waals surface area contributed by atoms with Gasteiger partial charge in [-0.1, -0.05) is 38.1 Å². The maximum Gasteiger partial charge on any atom is 0.410 e. The zero-order valence-corrected chi connectivity index (χ0v) is 14.7. The first-order chi connectivity index (χ1) is 10.7. The molecule has 2 atom stereocenters. The van der Waals surface area contributed by atoms with Crippen molar-refractivity contribution in [1.82, 2.24) is 4.90 Å². The second-order valence-electron chi connectivity index (χ2n) is 7.62. The minimum atomic E-state index is -0.524. The third-order valence-electron chi connectivity index (χ3n) is 4.20. The van der Waals surface area contributed by atoms with Crippen LogP contribution in [0, 0.1) is 5.92 Å². The van der Waals surface area contributed by atoms with E-state index in [4.69, 9.17) is 4.74 Å². The SMILES string of the molecule is CC(C)c1cccc(C2CN(C(=O)OC(C)(C)C)CC2C=O)c1. The Morgan fingerprint density at radius 1 is 1.30 bits per heavy atom. The van der Waals surface area contributed by atoms with Crippen LogP contribution in [0.3, 0.4) is 0 Å². The zero-order valence-electron chi connectivity index (χ0n) is 14.7. The van der Waals surface area contributed by atoms with E-state index in [-0.39, 0.29) is 17.9 Å². The molecule has 0 spiro atoms. The molecule has 0 aromatic heterocycles. The summed E-state index contributed by atoms with van der Waals surface area (Å²) in [4.78, 5) is 25.4. The van der Waals surface area contributed by atoms with E-state index < -0.39 is 5.60 Å². The molecule has 1 aromatic carbocycles. The van der Waals surface area contributed by atoms with E-state index in [1.54, 1.807) is 4.90 Å². The summed E-state index contributed by atoms with van der Waals surface area (Å²) in [6, 6.07) is 8.34. The van der Waals surface area contributed by atoms with Crippen LogP contribution in [0.2, 0.25) is 0 Å². The van der Waals surface area contributed by atoms with Crippen LogP contribution in [0.25, 0.3) is 0 Å². The van der Waals surface area contributed by atoms with E-state index in [0.29, 0.717) is 19.0 Å². The van der Waals surface area contributed by atoms with Gasteiger partial charge >= 0.3 is 6.09 Å². The Labute approximate surface area is 138 Å². The van der Waals surface area contributed by atoms with Crippen molar-refractivity contribution in [1.29, 1.82) is 0 Å². The van der Waals surface area contributed by atoms with Crippen LogP contribution in [0.4, 0.5) is 4.79 Å². The highest BCUT2D eigenvalue weighted by atomic mass is 16.6. The van der Waals surface area contributed by atoms with Gasteiger partial charge in [-0.3, -0.25) is 0 Å². The third-order valence-corrected chi connectivity index (χ3v) is 4.20. The lowest BCUT2D eigenvalue weighted by molar-refractivity contribution is -0.111. The second kappa shape index (κ2) is 6.73. The van der Waals surface area contributed by atoms with E-state index in [9.17, 15) is 9.59 Å². The molecule has 0 radical (unpaired) electrons. The maximum atomic E-state index is 12.3. The van der Waals surface area contributed by atoms with Crippen LogP contribution in [0.1, 0.15) is 57.6 Å². The number of hydrogen-bond donors (Lipinski definition) is 0. The van der Waals surface area contributed by atoms with Crippen molar-refractivity contribution in [2.45, 2.75) is 52.1 Å². The average molecular weight is 317 g/mol. The predicted octanol–water partition coefficient (Wildman–Crippen LogP) is 3.96. The summed E-state index contributed by atoms with van der Waals surface area (Å²) >= 11 is 0. The number of rotatable bonds is 3. The van der Waals surface area contributed by atoms with Crippen molar-refractivity contribution < 1.29 is 14.3 Å². The lowest BCUT2D eigenvalue weighted by Crippen LogP contribution is -2.35. The summed E-state index contributed by atoms with van der Waals surface area (Å²) in [6.45, 7) is 10.8. The van der Waals surface area contributed by atoms with Crippen LogP contribution in [-0.4, -0.2) is 36.0 Å². The van der Waals surface area contributed by atoms with Crippen LogP contribution in [0.15, 0.2) is 24.3 Å². The molecule has 1 saturated heterocycles. The van der Waals surface area contributed by atoms with Gasteiger partial charge in [0.05, 0.1) is 0 Å². The lowest BCUT2D eigenvalue weighted by atomic mass is 9.88. The van der Waals surface area contributed by atoms with Gasteiger partial charge in [0.25, 0.3) is 0 Å². The van der Waals surface area contributed by atoms with Gasteiger partial charge in [0, 0.05) is 24.9 Å². The number of hydrogen-bond acceptors (Lipinski definition) is 3. The van der Waals surface area contributed by atoms with Crippen LogP contribution in [0.5, 0.6) is 0 Å². The van der Waals surface area contributed by atoms with Crippen LogP contribution < -0.4 is 0 Å². The predicted molar refractivity (Wildman–Crippen MR) is 90.6 cm³/mol. The van der Waals surface area contributed by atoms with Crippen molar-refractivity contribution in [3.8, 4) is 0 Å². The normalized spacial score (nSPS) is 21.6. The molecule has 1 fully saturated rings. The first-order valence-electron chi connectivity index (χ1n) is 8.24. The highest BCUT2D eigenvalue weighted by molar-refractivity contribution is 5.70. The Hall–Kier alpha value is -1.84. The van der Waals surface area contributed by atoms with Crippen molar-refractivity contribution in [3.05, 3.63) is 35.4 Å². The molecule has 1 aliphatic heterocycles. The van der Waals surface area contributed by atoms with E-state index in [1.165, 1.54) is 5.56 Å². The van der Waals surface area contributed by atoms with E-state index in [1.807, 2.05) is 32.9 Å². The van der Waals surface area contributed by atoms with Gasteiger partial charge in [-0.2, -0.15) is 0 Å². The first kappa shape index (κ1) is 17.5. The fraction of sp³-hybridized carbons (Fsp3) is 0.579. The Morgan fingerprint density at radius 2 is 2.00 bits per heavy atom. The molecular weight excluding hydrogens is 290 g/mol. The quantitative estimate of drug-likeness (QED) is 0.793. The van der Waals surface area contributed by atoms with Gasteiger partial charge in [0.2, 0.25) is 0 Å². The van der Waals surface area contributed by atoms with Gasteiger partial charge in [-0.25, -0.2) is 4.79 Å². The van der Waals surface area contributed by atoms with E-state index in [0.717, 1.165) is 11.8 Å².